The zero-order chi connectivity index (χ0) is 16.5. The van der Waals surface area contributed by atoms with Gasteiger partial charge in [-0.2, -0.15) is 0 Å². The van der Waals surface area contributed by atoms with Crippen LogP contribution in [0, 0.1) is 6.92 Å². The van der Waals surface area contributed by atoms with Crippen molar-refractivity contribution >= 4 is 5.96 Å². The Balaban J connectivity index is 2.00. The molecule has 23 heavy (non-hydrogen) atoms. The number of aromatic nitrogens is 1. The number of ether oxygens (including phenoxy) is 1. The van der Waals surface area contributed by atoms with E-state index in [0.717, 1.165) is 29.5 Å². The summed E-state index contributed by atoms with van der Waals surface area (Å²) in [7, 11) is 1.67. The Labute approximate surface area is 137 Å². The molecule has 0 spiro atoms. The average molecular weight is 312 g/mol. The molecule has 5 heteroatoms. The molecule has 1 aromatic heterocycles. The summed E-state index contributed by atoms with van der Waals surface area (Å²) in [5.74, 6) is 1.63. The van der Waals surface area contributed by atoms with Crippen molar-refractivity contribution in [2.45, 2.75) is 26.9 Å². The smallest absolute Gasteiger partial charge is 0.191 e. The van der Waals surface area contributed by atoms with E-state index in [1.165, 1.54) is 5.56 Å². The van der Waals surface area contributed by atoms with E-state index in [9.17, 15) is 0 Å². The van der Waals surface area contributed by atoms with Crippen molar-refractivity contribution in [3.05, 3.63) is 59.4 Å². The second kappa shape index (κ2) is 8.78. The van der Waals surface area contributed by atoms with Crippen LogP contribution in [-0.2, 0) is 13.1 Å². The van der Waals surface area contributed by atoms with Gasteiger partial charge in [0.15, 0.2) is 5.96 Å². The van der Waals surface area contributed by atoms with Gasteiger partial charge in [-0.15, -0.1) is 0 Å². The fourth-order valence-corrected chi connectivity index (χ4v) is 2.15. The molecule has 0 aliphatic carbocycles. The molecular formula is C18H24N4O. The van der Waals surface area contributed by atoms with Crippen LogP contribution in [0.25, 0.3) is 0 Å². The van der Waals surface area contributed by atoms with E-state index < -0.39 is 0 Å². The minimum atomic E-state index is 0.591. The number of aliphatic imine (C=N–C) groups is 1. The molecule has 0 aliphatic rings. The SMILES string of the molecule is CCNC(=NCc1cccc(OC)c1)NCc1ncccc1C. The summed E-state index contributed by atoms with van der Waals surface area (Å²) in [4.78, 5) is 9.00. The van der Waals surface area contributed by atoms with Crippen molar-refractivity contribution in [1.82, 2.24) is 15.6 Å². The Morgan fingerprint density at radius 2 is 2.09 bits per heavy atom. The summed E-state index contributed by atoms with van der Waals surface area (Å²) < 4.78 is 5.24. The van der Waals surface area contributed by atoms with Gasteiger partial charge in [0.25, 0.3) is 0 Å². The zero-order valence-corrected chi connectivity index (χ0v) is 14.0. The summed E-state index contributed by atoms with van der Waals surface area (Å²) in [6.07, 6.45) is 1.81. The molecule has 0 bridgehead atoms. The second-order valence-corrected chi connectivity index (χ2v) is 5.17. The number of methoxy groups -OCH3 is 1. The zero-order valence-electron chi connectivity index (χ0n) is 14.0. The van der Waals surface area contributed by atoms with E-state index in [0.29, 0.717) is 13.1 Å². The van der Waals surface area contributed by atoms with Crippen LogP contribution >= 0.6 is 0 Å². The third-order valence-electron chi connectivity index (χ3n) is 3.44. The number of benzene rings is 1. The van der Waals surface area contributed by atoms with Gasteiger partial charge >= 0.3 is 0 Å². The van der Waals surface area contributed by atoms with Gasteiger partial charge in [-0.25, -0.2) is 4.99 Å². The molecule has 0 radical (unpaired) electrons. The molecule has 2 N–H and O–H groups in total. The van der Waals surface area contributed by atoms with E-state index in [-0.39, 0.29) is 0 Å². The highest BCUT2D eigenvalue weighted by molar-refractivity contribution is 5.79. The maximum atomic E-state index is 5.24. The van der Waals surface area contributed by atoms with Gasteiger partial charge in [0.1, 0.15) is 5.75 Å². The largest absolute Gasteiger partial charge is 0.497 e. The van der Waals surface area contributed by atoms with E-state index in [1.807, 2.05) is 36.5 Å². The second-order valence-electron chi connectivity index (χ2n) is 5.17. The van der Waals surface area contributed by atoms with Gasteiger partial charge in [-0.1, -0.05) is 18.2 Å². The lowest BCUT2D eigenvalue weighted by atomic mass is 10.2. The predicted molar refractivity (Wildman–Crippen MR) is 93.6 cm³/mol. The number of pyridine rings is 1. The fourth-order valence-electron chi connectivity index (χ4n) is 2.15. The molecule has 122 valence electrons. The molecule has 0 saturated carbocycles. The molecule has 0 fully saturated rings. The Hall–Kier alpha value is -2.56. The number of guanidine groups is 1. The van der Waals surface area contributed by atoms with E-state index in [1.54, 1.807) is 7.11 Å². The first-order chi connectivity index (χ1) is 11.2. The minimum absolute atomic E-state index is 0.591. The van der Waals surface area contributed by atoms with Crippen LogP contribution < -0.4 is 15.4 Å². The van der Waals surface area contributed by atoms with Crippen molar-refractivity contribution in [2.75, 3.05) is 13.7 Å². The maximum Gasteiger partial charge on any atom is 0.191 e. The lowest BCUT2D eigenvalue weighted by Gasteiger charge is -2.12. The number of hydrogen-bond acceptors (Lipinski definition) is 3. The first kappa shape index (κ1) is 16.8. The molecule has 0 aliphatic heterocycles. The van der Waals surface area contributed by atoms with Crippen LogP contribution in [0.3, 0.4) is 0 Å². The Morgan fingerprint density at radius 3 is 2.83 bits per heavy atom. The molecular weight excluding hydrogens is 288 g/mol. The highest BCUT2D eigenvalue weighted by atomic mass is 16.5. The van der Waals surface area contributed by atoms with E-state index in [2.05, 4.69) is 40.5 Å². The van der Waals surface area contributed by atoms with Crippen molar-refractivity contribution in [2.24, 2.45) is 4.99 Å². The van der Waals surface area contributed by atoms with Crippen LogP contribution in [0.15, 0.2) is 47.6 Å². The predicted octanol–water partition coefficient (Wildman–Crippen LogP) is 2.65. The molecule has 2 rings (SSSR count). The monoisotopic (exact) mass is 312 g/mol. The number of rotatable bonds is 6. The molecule has 2 aromatic rings. The lowest BCUT2D eigenvalue weighted by molar-refractivity contribution is 0.414. The average Bonchev–Trinajstić information content (AvgIpc) is 2.59. The Morgan fingerprint density at radius 1 is 1.22 bits per heavy atom. The molecule has 0 unspecified atom stereocenters. The van der Waals surface area contributed by atoms with Crippen LogP contribution in [0.1, 0.15) is 23.7 Å². The maximum absolute atomic E-state index is 5.24. The highest BCUT2D eigenvalue weighted by Gasteiger charge is 2.02. The molecule has 5 nitrogen and oxygen atoms in total. The molecule has 1 aromatic carbocycles. The van der Waals surface area contributed by atoms with Gasteiger partial charge in [-0.3, -0.25) is 4.98 Å². The van der Waals surface area contributed by atoms with Crippen molar-refractivity contribution in [3.8, 4) is 5.75 Å². The third kappa shape index (κ3) is 5.29. The molecule has 0 atom stereocenters. The highest BCUT2D eigenvalue weighted by Crippen LogP contribution is 2.13. The summed E-state index contributed by atoms with van der Waals surface area (Å²) in [5, 5.41) is 6.57. The van der Waals surface area contributed by atoms with Gasteiger partial charge in [0.2, 0.25) is 0 Å². The lowest BCUT2D eigenvalue weighted by Crippen LogP contribution is -2.37. The Bertz CT molecular complexity index is 655. The number of nitrogens with zero attached hydrogens (tertiary/aromatic N) is 2. The summed E-state index contributed by atoms with van der Waals surface area (Å²) in [6, 6.07) is 11.9. The summed E-state index contributed by atoms with van der Waals surface area (Å²) in [5.41, 5.74) is 3.30. The standard InChI is InChI=1S/C18H24N4O/c1-4-19-18(22-13-17-14(2)7-6-10-20-17)21-12-15-8-5-9-16(11-15)23-3/h5-11H,4,12-13H2,1-3H3,(H2,19,21,22). The van der Waals surface area contributed by atoms with Crippen LogP contribution in [-0.4, -0.2) is 24.6 Å². The number of aryl methyl sites for hydroxylation is 1. The topological polar surface area (TPSA) is 58.5 Å². The van der Waals surface area contributed by atoms with Crippen molar-refractivity contribution in [1.29, 1.82) is 0 Å². The van der Waals surface area contributed by atoms with Gasteiger partial charge < -0.3 is 15.4 Å². The molecule has 1 heterocycles. The van der Waals surface area contributed by atoms with Crippen LogP contribution in [0.2, 0.25) is 0 Å². The molecule has 0 saturated heterocycles. The summed E-state index contributed by atoms with van der Waals surface area (Å²) in [6.45, 7) is 6.16. The molecule has 0 amide bonds. The van der Waals surface area contributed by atoms with Crippen molar-refractivity contribution < 1.29 is 4.74 Å². The van der Waals surface area contributed by atoms with Gasteiger partial charge in [0.05, 0.1) is 25.9 Å². The van der Waals surface area contributed by atoms with Gasteiger partial charge in [0, 0.05) is 12.7 Å². The first-order valence-corrected chi connectivity index (χ1v) is 7.78. The van der Waals surface area contributed by atoms with E-state index in [4.69, 9.17) is 4.74 Å². The summed E-state index contributed by atoms with van der Waals surface area (Å²) >= 11 is 0. The minimum Gasteiger partial charge on any atom is -0.497 e. The van der Waals surface area contributed by atoms with E-state index >= 15 is 0 Å². The van der Waals surface area contributed by atoms with Gasteiger partial charge in [-0.05, 0) is 43.2 Å². The number of nitrogens with one attached hydrogen (secondary N) is 2. The fraction of sp³-hybridized carbons (Fsp3) is 0.333. The normalized spacial score (nSPS) is 11.2. The first-order valence-electron chi connectivity index (χ1n) is 7.78. The quantitative estimate of drug-likeness (QED) is 0.636. The van der Waals surface area contributed by atoms with Crippen LogP contribution in [0.4, 0.5) is 0 Å². The van der Waals surface area contributed by atoms with Crippen LogP contribution in [0.5, 0.6) is 5.75 Å². The Kier molecular flexibility index (Phi) is 6.41. The third-order valence-corrected chi connectivity index (χ3v) is 3.44. The number of hydrogen-bond donors (Lipinski definition) is 2. The van der Waals surface area contributed by atoms with Crippen molar-refractivity contribution in [3.63, 3.8) is 0 Å².